The second-order valence-corrected chi connectivity index (χ2v) is 19.6. The number of hydrogen-bond acceptors (Lipinski definition) is 8. The molecule has 10 nitrogen and oxygen atoms in total. The molecule has 0 bridgehead atoms. The number of fused-ring (bicyclic) bond motifs is 1. The second kappa shape index (κ2) is 19.3. The molecule has 3 N–H and O–H groups in total. The fraction of sp³-hybridized carbons (Fsp3) is 0.839. The predicted molar refractivity (Wildman–Crippen MR) is 181 cm³/mol. The Hall–Kier alpha value is -1.23. The second-order valence-electron chi connectivity index (χ2n) is 13.1. The Kier molecular flexibility index (Phi) is 17.1. The molecule has 0 saturated heterocycles. The molecule has 2 heterocycles. The Morgan fingerprint density at radius 2 is 1.49 bits per heavy atom. The van der Waals surface area contributed by atoms with Crippen LogP contribution in [0.2, 0.25) is 0 Å². The first kappa shape index (κ1) is 38.0. The molecule has 43 heavy (non-hydrogen) atoms. The summed E-state index contributed by atoms with van der Waals surface area (Å²) in [4.78, 5) is 22.4. The molecule has 0 fully saturated rings. The SMILES string of the molecule is C[C@H](Cn1cnc2c(N)ncnc21)OCP(=O)(O)OCCOCCCCCCCCCCCCCCS(C)(C)C(C)(C)C. The Labute approximate surface area is 262 Å². The van der Waals surface area contributed by atoms with Gasteiger partial charge in [-0.25, -0.2) is 25.0 Å². The van der Waals surface area contributed by atoms with E-state index in [0.29, 0.717) is 34.9 Å². The van der Waals surface area contributed by atoms with Gasteiger partial charge in [-0.05, 0) is 42.8 Å². The van der Waals surface area contributed by atoms with Crippen LogP contribution in [0.25, 0.3) is 11.2 Å². The minimum absolute atomic E-state index is 0.0593. The lowest BCUT2D eigenvalue weighted by atomic mass is 10.1. The number of nitrogens with two attached hydrogens (primary N) is 1. The molecule has 0 radical (unpaired) electrons. The largest absolute Gasteiger partial charge is 0.382 e. The van der Waals surface area contributed by atoms with E-state index in [1.807, 2.05) is 0 Å². The van der Waals surface area contributed by atoms with Crippen molar-refractivity contribution < 1.29 is 23.5 Å². The molecular formula is C31H60N5O5PS. The molecule has 0 amide bonds. The van der Waals surface area contributed by atoms with Crippen LogP contribution >= 0.6 is 17.6 Å². The Bertz CT molecular complexity index is 1090. The summed E-state index contributed by atoms with van der Waals surface area (Å²) in [5.41, 5.74) is 6.92. The van der Waals surface area contributed by atoms with Gasteiger partial charge in [0.05, 0.1) is 32.2 Å². The van der Waals surface area contributed by atoms with Crippen molar-refractivity contribution in [3.8, 4) is 0 Å². The number of nitrogens with zero attached hydrogens (tertiary/aromatic N) is 4. The molecule has 2 atom stereocenters. The van der Waals surface area contributed by atoms with Gasteiger partial charge in [-0.15, -0.1) is 0 Å². The van der Waals surface area contributed by atoms with Crippen LogP contribution in [0.5, 0.6) is 0 Å². The number of imidazole rings is 1. The fourth-order valence-electron chi connectivity index (χ4n) is 4.70. The van der Waals surface area contributed by atoms with Gasteiger partial charge < -0.3 is 29.2 Å². The normalized spacial score (nSPS) is 15.1. The summed E-state index contributed by atoms with van der Waals surface area (Å²) in [5, 5.41) is 0. The summed E-state index contributed by atoms with van der Waals surface area (Å²) < 4.78 is 30.8. The summed E-state index contributed by atoms with van der Waals surface area (Å²) in [5.74, 6) is 1.72. The molecule has 0 saturated carbocycles. The number of nitrogen functional groups attached to an aromatic ring is 1. The van der Waals surface area contributed by atoms with Gasteiger partial charge >= 0.3 is 7.60 Å². The molecule has 0 aliphatic rings. The Morgan fingerprint density at radius 1 is 0.907 bits per heavy atom. The molecule has 2 rings (SSSR count). The van der Waals surface area contributed by atoms with Crippen LogP contribution in [-0.2, 0) is 25.1 Å². The zero-order valence-corrected chi connectivity index (χ0v) is 29.5. The molecule has 1 unspecified atom stereocenters. The zero-order valence-electron chi connectivity index (χ0n) is 27.8. The van der Waals surface area contributed by atoms with Crippen LogP contribution in [0.1, 0.15) is 105 Å². The highest BCUT2D eigenvalue weighted by Gasteiger charge is 2.26. The summed E-state index contributed by atoms with van der Waals surface area (Å²) in [6.07, 6.45) is 22.9. The van der Waals surface area contributed by atoms with Gasteiger partial charge in [-0.1, -0.05) is 85.0 Å². The average Bonchev–Trinajstić information content (AvgIpc) is 3.34. The lowest BCUT2D eigenvalue weighted by Crippen LogP contribution is -2.25. The fourth-order valence-corrected chi connectivity index (χ4v) is 7.12. The number of unbranched alkanes of at least 4 members (excludes halogenated alkanes) is 11. The quantitative estimate of drug-likeness (QED) is 0.0877. The summed E-state index contributed by atoms with van der Waals surface area (Å²) >= 11 is 0. The van der Waals surface area contributed by atoms with Crippen molar-refractivity contribution in [3.05, 3.63) is 12.7 Å². The van der Waals surface area contributed by atoms with E-state index >= 15 is 0 Å². The van der Waals surface area contributed by atoms with Crippen LogP contribution in [-0.4, -0.2) is 79.7 Å². The van der Waals surface area contributed by atoms with E-state index in [1.165, 1.54) is 76.3 Å². The van der Waals surface area contributed by atoms with Gasteiger partial charge in [0, 0.05) is 6.61 Å². The van der Waals surface area contributed by atoms with E-state index in [-0.39, 0.29) is 19.3 Å². The number of hydrogen-bond donors (Lipinski definition) is 2. The first-order valence-corrected chi connectivity index (χ1v) is 20.5. The van der Waals surface area contributed by atoms with Crippen LogP contribution in [0.3, 0.4) is 0 Å². The van der Waals surface area contributed by atoms with Gasteiger partial charge in [0.2, 0.25) is 0 Å². The maximum atomic E-state index is 12.3. The van der Waals surface area contributed by atoms with E-state index in [0.717, 1.165) is 12.8 Å². The van der Waals surface area contributed by atoms with Crippen molar-refractivity contribution in [2.45, 2.75) is 122 Å². The monoisotopic (exact) mass is 645 g/mol. The van der Waals surface area contributed by atoms with E-state index < -0.39 is 24.0 Å². The highest BCUT2D eigenvalue weighted by molar-refractivity contribution is 8.33. The molecule has 2 aromatic heterocycles. The third kappa shape index (κ3) is 15.1. The smallest absolute Gasteiger partial charge is 0.353 e. The highest BCUT2D eigenvalue weighted by Crippen LogP contribution is 2.53. The third-order valence-corrected chi connectivity index (χ3v) is 14.0. The highest BCUT2D eigenvalue weighted by atomic mass is 32.3. The standard InChI is InChI=1S/C31H60N5O5PS/c1-27(23-36-25-35-28-29(32)33-24-34-30(28)36)40-26-42(37,38)41-21-20-39-19-17-15-13-11-9-7-8-10-12-14-16-18-22-43(5,6)31(2,3)4/h24-25,27H,7-23,26H2,1-6H3,(H,37,38)(H2,32,33,34)/t27-/m1/s1. The molecule has 12 heteroatoms. The number of rotatable bonds is 24. The minimum Gasteiger partial charge on any atom is -0.382 e. The molecule has 0 aliphatic carbocycles. The summed E-state index contributed by atoms with van der Waals surface area (Å²) in [6.45, 7) is 10.4. The first-order valence-electron chi connectivity index (χ1n) is 16.1. The lowest BCUT2D eigenvalue weighted by molar-refractivity contribution is 0.0610. The maximum absolute atomic E-state index is 12.3. The van der Waals surface area contributed by atoms with E-state index in [1.54, 1.807) is 17.8 Å². The average molecular weight is 646 g/mol. The molecule has 0 aliphatic heterocycles. The van der Waals surface area contributed by atoms with Gasteiger partial charge in [0.1, 0.15) is 18.2 Å². The number of aromatic nitrogens is 4. The van der Waals surface area contributed by atoms with Crippen LogP contribution < -0.4 is 5.73 Å². The molecule has 2 aromatic rings. The third-order valence-electron chi connectivity index (χ3n) is 8.28. The van der Waals surface area contributed by atoms with Gasteiger partial charge in [-0.2, -0.15) is 0 Å². The van der Waals surface area contributed by atoms with E-state index in [2.05, 4.69) is 48.2 Å². The molecule has 250 valence electrons. The van der Waals surface area contributed by atoms with Crippen LogP contribution in [0.15, 0.2) is 12.7 Å². The first-order chi connectivity index (χ1) is 20.3. The topological polar surface area (TPSA) is 135 Å². The minimum atomic E-state index is -3.87. The summed E-state index contributed by atoms with van der Waals surface area (Å²) in [6, 6.07) is 0. The van der Waals surface area contributed by atoms with Crippen molar-refractivity contribution >= 4 is 34.6 Å². The van der Waals surface area contributed by atoms with E-state index in [4.69, 9.17) is 19.7 Å². The van der Waals surface area contributed by atoms with Gasteiger partial charge in [0.15, 0.2) is 11.5 Å². The Morgan fingerprint density at radius 3 is 2.09 bits per heavy atom. The van der Waals surface area contributed by atoms with Gasteiger partial charge in [-0.3, -0.25) is 4.57 Å². The van der Waals surface area contributed by atoms with E-state index in [9.17, 15) is 9.46 Å². The lowest BCUT2D eigenvalue weighted by Gasteiger charge is -2.44. The van der Waals surface area contributed by atoms with Crippen molar-refractivity contribution in [3.63, 3.8) is 0 Å². The summed E-state index contributed by atoms with van der Waals surface area (Å²) in [7, 11) is -4.35. The number of ether oxygens (including phenoxy) is 2. The molecular weight excluding hydrogens is 585 g/mol. The van der Waals surface area contributed by atoms with Crippen molar-refractivity contribution in [1.29, 1.82) is 0 Å². The van der Waals surface area contributed by atoms with Gasteiger partial charge in [0.25, 0.3) is 0 Å². The van der Waals surface area contributed by atoms with Crippen molar-refractivity contribution in [2.24, 2.45) is 0 Å². The van der Waals surface area contributed by atoms with Crippen LogP contribution in [0, 0.1) is 0 Å². The van der Waals surface area contributed by atoms with Crippen LogP contribution in [0.4, 0.5) is 5.82 Å². The maximum Gasteiger partial charge on any atom is 0.353 e. The molecule has 0 spiro atoms. The van der Waals surface area contributed by atoms with Crippen molar-refractivity contribution in [1.82, 2.24) is 19.5 Å². The zero-order chi connectivity index (χ0) is 31.8. The number of anilines is 1. The predicted octanol–water partition coefficient (Wildman–Crippen LogP) is 7.53. The van der Waals surface area contributed by atoms with Crippen molar-refractivity contribution in [2.75, 3.05) is 50.2 Å². The Balaban J connectivity index is 1.37. The molecule has 0 aromatic carbocycles.